The van der Waals surface area contributed by atoms with Gasteiger partial charge in [0.15, 0.2) is 0 Å². The summed E-state index contributed by atoms with van der Waals surface area (Å²) in [5.74, 6) is 0.0591. The number of hydrogen-bond donors (Lipinski definition) is 2. The first-order chi connectivity index (χ1) is 14.2. The Balaban J connectivity index is 1.52. The lowest BCUT2D eigenvalue weighted by Crippen LogP contribution is -2.31. The van der Waals surface area contributed by atoms with Crippen LogP contribution in [0, 0.1) is 0 Å². The minimum atomic E-state index is -0.350. The van der Waals surface area contributed by atoms with Crippen LogP contribution in [0.2, 0.25) is 0 Å². The molecule has 0 bridgehead atoms. The number of aliphatic hydroxyl groups excluding tert-OH is 1. The van der Waals surface area contributed by atoms with Crippen molar-refractivity contribution in [2.24, 2.45) is 0 Å². The number of aliphatic hydroxyl groups is 1. The van der Waals surface area contributed by atoms with Gasteiger partial charge >= 0.3 is 5.69 Å². The van der Waals surface area contributed by atoms with Crippen molar-refractivity contribution in [3.05, 3.63) is 64.2 Å². The van der Waals surface area contributed by atoms with Crippen LogP contribution in [-0.2, 0) is 24.2 Å². The van der Waals surface area contributed by atoms with Crippen LogP contribution in [0.15, 0.2) is 52.3 Å². The van der Waals surface area contributed by atoms with Crippen LogP contribution in [-0.4, -0.2) is 32.9 Å². The Bertz CT molecular complexity index is 1100. The largest absolute Gasteiger partial charge is 0.395 e. The van der Waals surface area contributed by atoms with Crippen LogP contribution in [0.4, 0.5) is 5.69 Å². The third-order valence-electron chi connectivity index (χ3n) is 5.18. The number of carbonyl (C=O) groups is 1. The van der Waals surface area contributed by atoms with Gasteiger partial charge in [-0.15, -0.1) is 0 Å². The molecule has 0 unspecified atom stereocenters. The summed E-state index contributed by atoms with van der Waals surface area (Å²) in [6.45, 7) is 0.175. The maximum absolute atomic E-state index is 12.6. The Kier molecular flexibility index (Phi) is 5.97. The fourth-order valence-corrected chi connectivity index (χ4v) is 4.73. The molecule has 150 valence electrons. The van der Waals surface area contributed by atoms with Gasteiger partial charge < -0.3 is 10.4 Å². The number of hydrogen-bond acceptors (Lipinski definition) is 5. The van der Waals surface area contributed by atoms with E-state index in [2.05, 4.69) is 10.3 Å². The summed E-state index contributed by atoms with van der Waals surface area (Å²) >= 11 is 1.31. The van der Waals surface area contributed by atoms with Crippen molar-refractivity contribution in [3.63, 3.8) is 0 Å². The van der Waals surface area contributed by atoms with Crippen molar-refractivity contribution in [3.8, 4) is 0 Å². The Morgan fingerprint density at radius 3 is 2.79 bits per heavy atom. The van der Waals surface area contributed by atoms with Gasteiger partial charge in [0.25, 0.3) is 0 Å². The van der Waals surface area contributed by atoms with Gasteiger partial charge in [-0.2, -0.15) is 4.98 Å². The molecule has 1 aliphatic carbocycles. The number of nitrogens with zero attached hydrogens (tertiary/aromatic N) is 2. The maximum Gasteiger partial charge on any atom is 0.348 e. The van der Waals surface area contributed by atoms with E-state index in [4.69, 9.17) is 0 Å². The number of thioether (sulfide) groups is 1. The number of aromatic nitrogens is 2. The number of amides is 1. The van der Waals surface area contributed by atoms with Gasteiger partial charge in [0.05, 0.1) is 18.9 Å². The molecule has 0 saturated heterocycles. The lowest BCUT2D eigenvalue weighted by molar-refractivity contribution is -0.113. The van der Waals surface area contributed by atoms with Crippen molar-refractivity contribution < 1.29 is 9.90 Å². The molecule has 0 radical (unpaired) electrons. The number of carbonyl (C=O) groups excluding carboxylic acids is 1. The molecule has 3 aromatic rings. The summed E-state index contributed by atoms with van der Waals surface area (Å²) in [7, 11) is 0. The fraction of sp³-hybridized carbons (Fsp3) is 0.318. The van der Waals surface area contributed by atoms with Gasteiger partial charge in [-0.05, 0) is 37.1 Å². The second-order valence-electron chi connectivity index (χ2n) is 7.07. The first-order valence-corrected chi connectivity index (χ1v) is 10.8. The Hall–Kier alpha value is -2.64. The fourth-order valence-electron chi connectivity index (χ4n) is 3.85. The average Bonchev–Trinajstić information content (AvgIpc) is 2.75. The highest BCUT2D eigenvalue weighted by atomic mass is 32.2. The SMILES string of the molecule is O=C(CSc1nc(=O)n(CCO)c2c1CCCC2)Nc1cccc2ccccc12. The highest BCUT2D eigenvalue weighted by Crippen LogP contribution is 2.29. The Labute approximate surface area is 173 Å². The summed E-state index contributed by atoms with van der Waals surface area (Å²) in [6.07, 6.45) is 3.72. The zero-order chi connectivity index (χ0) is 20.2. The molecule has 1 aliphatic rings. The van der Waals surface area contributed by atoms with E-state index >= 15 is 0 Å². The zero-order valence-corrected chi connectivity index (χ0v) is 16.9. The molecule has 2 aromatic carbocycles. The van der Waals surface area contributed by atoms with Crippen molar-refractivity contribution in [1.29, 1.82) is 0 Å². The van der Waals surface area contributed by atoms with Crippen LogP contribution in [0.25, 0.3) is 10.8 Å². The number of nitrogens with one attached hydrogen (secondary N) is 1. The molecule has 2 N–H and O–H groups in total. The standard InChI is InChI=1S/C22H23N3O3S/c26-13-12-25-19-11-4-3-9-17(19)21(24-22(25)28)29-14-20(27)23-18-10-5-7-15-6-1-2-8-16(15)18/h1-2,5-8,10,26H,3-4,9,11-14H2,(H,23,27). The molecule has 0 aliphatic heterocycles. The number of fused-ring (bicyclic) bond motifs is 2. The van der Waals surface area contributed by atoms with Gasteiger partial charge in [0, 0.05) is 22.3 Å². The van der Waals surface area contributed by atoms with Gasteiger partial charge in [-0.25, -0.2) is 4.79 Å². The van der Waals surface area contributed by atoms with Gasteiger partial charge in [-0.1, -0.05) is 48.2 Å². The Morgan fingerprint density at radius 2 is 1.93 bits per heavy atom. The van der Waals surface area contributed by atoms with Crippen LogP contribution in [0.5, 0.6) is 0 Å². The Morgan fingerprint density at radius 1 is 1.14 bits per heavy atom. The number of rotatable bonds is 6. The predicted molar refractivity (Wildman–Crippen MR) is 116 cm³/mol. The third kappa shape index (κ3) is 4.21. The van der Waals surface area contributed by atoms with Crippen molar-refractivity contribution >= 4 is 34.1 Å². The molecule has 1 amide bonds. The monoisotopic (exact) mass is 409 g/mol. The van der Waals surface area contributed by atoms with E-state index in [-0.39, 0.29) is 30.5 Å². The van der Waals surface area contributed by atoms with E-state index in [1.54, 1.807) is 4.57 Å². The molecule has 4 rings (SSSR count). The normalized spacial score (nSPS) is 13.3. The van der Waals surface area contributed by atoms with Crippen molar-refractivity contribution in [2.45, 2.75) is 37.3 Å². The summed E-state index contributed by atoms with van der Waals surface area (Å²) in [5.41, 5.74) is 2.44. The molecule has 7 heteroatoms. The third-order valence-corrected chi connectivity index (χ3v) is 6.20. The lowest BCUT2D eigenvalue weighted by atomic mass is 9.97. The second kappa shape index (κ2) is 8.80. The van der Waals surface area contributed by atoms with E-state index < -0.39 is 0 Å². The molecule has 0 spiro atoms. The minimum Gasteiger partial charge on any atom is -0.395 e. The number of anilines is 1. The smallest absolute Gasteiger partial charge is 0.348 e. The van der Waals surface area contributed by atoms with Gasteiger partial charge in [0.1, 0.15) is 5.03 Å². The lowest BCUT2D eigenvalue weighted by Gasteiger charge is -2.22. The molecule has 0 saturated carbocycles. The molecule has 0 fully saturated rings. The van der Waals surface area contributed by atoms with Crippen LogP contribution in [0.3, 0.4) is 0 Å². The number of benzene rings is 2. The first kappa shape index (κ1) is 19.7. The van der Waals surface area contributed by atoms with E-state index in [0.29, 0.717) is 5.03 Å². The first-order valence-electron chi connectivity index (χ1n) is 9.81. The van der Waals surface area contributed by atoms with Crippen LogP contribution < -0.4 is 11.0 Å². The predicted octanol–water partition coefficient (Wildman–Crippen LogP) is 3.00. The van der Waals surface area contributed by atoms with E-state index in [0.717, 1.165) is 53.4 Å². The van der Waals surface area contributed by atoms with Crippen LogP contribution in [0.1, 0.15) is 24.1 Å². The summed E-state index contributed by atoms with van der Waals surface area (Å²) in [4.78, 5) is 29.2. The molecule has 6 nitrogen and oxygen atoms in total. The van der Waals surface area contributed by atoms with Crippen molar-refractivity contribution in [2.75, 3.05) is 17.7 Å². The molecule has 29 heavy (non-hydrogen) atoms. The van der Waals surface area contributed by atoms with E-state index in [1.165, 1.54) is 11.8 Å². The zero-order valence-electron chi connectivity index (χ0n) is 16.1. The summed E-state index contributed by atoms with van der Waals surface area (Å²) < 4.78 is 1.58. The summed E-state index contributed by atoms with van der Waals surface area (Å²) in [5, 5.41) is 15.0. The molecule has 1 heterocycles. The molecular formula is C22H23N3O3S. The topological polar surface area (TPSA) is 84.2 Å². The van der Waals surface area contributed by atoms with Crippen molar-refractivity contribution in [1.82, 2.24) is 9.55 Å². The van der Waals surface area contributed by atoms with E-state index in [9.17, 15) is 14.7 Å². The highest BCUT2D eigenvalue weighted by Gasteiger charge is 2.21. The molecular weight excluding hydrogens is 386 g/mol. The summed E-state index contributed by atoms with van der Waals surface area (Å²) in [6, 6.07) is 13.7. The second-order valence-corrected chi connectivity index (χ2v) is 8.03. The average molecular weight is 410 g/mol. The molecule has 1 aromatic heterocycles. The van der Waals surface area contributed by atoms with Gasteiger partial charge in [0.2, 0.25) is 5.91 Å². The van der Waals surface area contributed by atoms with E-state index in [1.807, 2.05) is 42.5 Å². The quantitative estimate of drug-likeness (QED) is 0.483. The molecule has 0 atom stereocenters. The highest BCUT2D eigenvalue weighted by molar-refractivity contribution is 8.00. The van der Waals surface area contributed by atoms with Crippen LogP contribution >= 0.6 is 11.8 Å². The van der Waals surface area contributed by atoms with Gasteiger partial charge in [-0.3, -0.25) is 9.36 Å². The minimum absolute atomic E-state index is 0.0893. The maximum atomic E-state index is 12.6.